The van der Waals surface area contributed by atoms with Crippen LogP contribution in [0.1, 0.15) is 18.2 Å². The lowest BCUT2D eigenvalue weighted by Crippen LogP contribution is -2.24. The highest BCUT2D eigenvalue weighted by Gasteiger charge is 2.36. The summed E-state index contributed by atoms with van der Waals surface area (Å²) < 4.78 is 17.5. The Morgan fingerprint density at radius 2 is 1.79 bits per heavy atom. The zero-order valence-electron chi connectivity index (χ0n) is 18.6. The van der Waals surface area contributed by atoms with Crippen LogP contribution in [0.15, 0.2) is 36.4 Å². The van der Waals surface area contributed by atoms with Crippen LogP contribution in [0.5, 0.6) is 17.2 Å². The maximum absolute atomic E-state index is 12.8. The maximum Gasteiger partial charge on any atom is 0.251 e. The molecule has 0 saturated carbocycles. The lowest BCUT2D eigenvalue weighted by atomic mass is 10.1. The Hall–Kier alpha value is -3.72. The summed E-state index contributed by atoms with van der Waals surface area (Å²) in [6.45, 7) is 1.84. The van der Waals surface area contributed by atoms with Crippen LogP contribution in [0, 0.1) is 6.92 Å². The number of ether oxygens (including phenoxy) is 3. The van der Waals surface area contributed by atoms with Gasteiger partial charge >= 0.3 is 0 Å². The number of methoxy groups -OCH3 is 3. The first-order chi connectivity index (χ1) is 15.9. The van der Waals surface area contributed by atoms with Crippen LogP contribution in [-0.2, 0) is 9.59 Å². The van der Waals surface area contributed by atoms with Gasteiger partial charge in [-0.1, -0.05) is 17.7 Å². The minimum absolute atomic E-state index is 0.110. The van der Waals surface area contributed by atoms with Gasteiger partial charge in [0.15, 0.2) is 11.5 Å². The van der Waals surface area contributed by atoms with Gasteiger partial charge in [-0.2, -0.15) is 5.10 Å². The molecule has 2 amide bonds. The summed E-state index contributed by atoms with van der Waals surface area (Å²) in [5.41, 5.74) is 2.69. The summed E-state index contributed by atoms with van der Waals surface area (Å²) in [7, 11) is 4.62. The lowest BCUT2D eigenvalue weighted by molar-refractivity contribution is -0.123. The van der Waals surface area contributed by atoms with Gasteiger partial charge in [0.05, 0.1) is 39.1 Å². The van der Waals surface area contributed by atoms with Crippen LogP contribution in [0.25, 0.3) is 11.1 Å². The molecule has 9 nitrogen and oxygen atoms in total. The smallest absolute Gasteiger partial charge is 0.251 e. The van der Waals surface area contributed by atoms with Crippen LogP contribution in [0.2, 0.25) is 5.02 Å². The zero-order chi connectivity index (χ0) is 23.7. The monoisotopic (exact) mass is 470 g/mol. The second-order valence-electron chi connectivity index (χ2n) is 7.43. The topological polar surface area (TPSA) is 104 Å². The van der Waals surface area contributed by atoms with Crippen molar-refractivity contribution >= 4 is 34.9 Å². The third-order valence-electron chi connectivity index (χ3n) is 5.41. The number of amides is 2. The molecule has 0 bridgehead atoms. The molecule has 1 aliphatic rings. The van der Waals surface area contributed by atoms with Crippen LogP contribution >= 0.6 is 11.6 Å². The highest BCUT2D eigenvalue weighted by atomic mass is 35.5. The van der Waals surface area contributed by atoms with Gasteiger partial charge in [0, 0.05) is 10.6 Å². The second kappa shape index (κ2) is 9.03. The van der Waals surface area contributed by atoms with E-state index in [1.807, 2.05) is 19.1 Å². The van der Waals surface area contributed by atoms with Crippen molar-refractivity contribution in [1.29, 1.82) is 0 Å². The molecule has 1 atom stereocenters. The SMILES string of the molecule is COc1ccc(Cl)cc1NC(=O)CC1C(=O)Nc2c(-c3ccc(OC)c(OC)c3)c(C)nn21. The Morgan fingerprint density at radius 3 is 2.48 bits per heavy atom. The van der Waals surface area contributed by atoms with Gasteiger partial charge in [-0.15, -0.1) is 0 Å². The minimum Gasteiger partial charge on any atom is -0.495 e. The molecule has 2 N–H and O–H groups in total. The zero-order valence-corrected chi connectivity index (χ0v) is 19.3. The van der Waals surface area contributed by atoms with E-state index in [1.165, 1.54) is 7.11 Å². The van der Waals surface area contributed by atoms with E-state index in [0.29, 0.717) is 39.5 Å². The number of aromatic nitrogens is 2. The standard InChI is InChI=1S/C23H23ClN4O5/c1-12-21(13-5-7-18(32-3)19(9-13)33-4)22-26-23(30)16(28(22)27-12)11-20(29)25-15-10-14(24)6-8-17(15)31-2/h5-10,16H,11H2,1-4H3,(H,25,29)(H,26,30). The van der Waals surface area contributed by atoms with Gasteiger partial charge in [-0.05, 0) is 42.8 Å². The van der Waals surface area contributed by atoms with E-state index < -0.39 is 6.04 Å². The number of nitrogens with zero attached hydrogens (tertiary/aromatic N) is 2. The highest BCUT2D eigenvalue weighted by molar-refractivity contribution is 6.31. The van der Waals surface area contributed by atoms with Crippen LogP contribution < -0.4 is 24.8 Å². The number of carbonyl (C=O) groups excluding carboxylic acids is 2. The molecule has 0 spiro atoms. The molecule has 0 aliphatic carbocycles. The van der Waals surface area contributed by atoms with Gasteiger partial charge in [0.1, 0.15) is 17.6 Å². The van der Waals surface area contributed by atoms with Crippen molar-refractivity contribution in [3.8, 4) is 28.4 Å². The second-order valence-corrected chi connectivity index (χ2v) is 7.86. The summed E-state index contributed by atoms with van der Waals surface area (Å²) in [5, 5.41) is 10.6. The van der Waals surface area contributed by atoms with Crippen molar-refractivity contribution in [1.82, 2.24) is 9.78 Å². The Balaban J connectivity index is 1.61. The first-order valence-corrected chi connectivity index (χ1v) is 10.5. The van der Waals surface area contributed by atoms with Crippen molar-refractivity contribution in [2.24, 2.45) is 0 Å². The van der Waals surface area contributed by atoms with E-state index in [-0.39, 0.29) is 18.2 Å². The third-order valence-corrected chi connectivity index (χ3v) is 5.65. The Morgan fingerprint density at radius 1 is 1.09 bits per heavy atom. The molecule has 10 heteroatoms. The molecule has 0 saturated heterocycles. The van der Waals surface area contributed by atoms with Crippen molar-refractivity contribution < 1.29 is 23.8 Å². The normalized spacial score (nSPS) is 14.5. The molecule has 4 rings (SSSR count). The van der Waals surface area contributed by atoms with E-state index in [4.69, 9.17) is 25.8 Å². The summed E-state index contributed by atoms with van der Waals surface area (Å²) in [5.74, 6) is 1.47. The van der Waals surface area contributed by atoms with Gasteiger partial charge < -0.3 is 24.8 Å². The fourth-order valence-corrected chi connectivity index (χ4v) is 4.05. The Bertz CT molecular complexity index is 1240. The molecular weight excluding hydrogens is 448 g/mol. The number of fused-ring (bicyclic) bond motifs is 1. The molecule has 1 aliphatic heterocycles. The van der Waals surface area contributed by atoms with Gasteiger partial charge in [-0.3, -0.25) is 9.59 Å². The van der Waals surface area contributed by atoms with Gasteiger partial charge in [0.25, 0.3) is 5.91 Å². The number of hydrogen-bond donors (Lipinski definition) is 2. The average molecular weight is 471 g/mol. The average Bonchev–Trinajstić information content (AvgIpc) is 3.26. The largest absolute Gasteiger partial charge is 0.495 e. The third kappa shape index (κ3) is 4.19. The molecule has 33 heavy (non-hydrogen) atoms. The minimum atomic E-state index is -0.794. The van der Waals surface area contributed by atoms with Crippen LogP contribution in [-0.4, -0.2) is 42.9 Å². The van der Waals surface area contributed by atoms with Crippen LogP contribution in [0.3, 0.4) is 0 Å². The van der Waals surface area contributed by atoms with Crippen molar-refractivity contribution in [2.45, 2.75) is 19.4 Å². The number of carbonyl (C=O) groups is 2. The predicted molar refractivity (Wildman–Crippen MR) is 124 cm³/mol. The summed E-state index contributed by atoms with van der Waals surface area (Å²) >= 11 is 6.03. The van der Waals surface area contributed by atoms with Crippen molar-refractivity contribution in [3.05, 3.63) is 47.1 Å². The molecular formula is C23H23ClN4O5. The number of hydrogen-bond acceptors (Lipinski definition) is 6. The molecule has 2 heterocycles. The van der Waals surface area contributed by atoms with Crippen molar-refractivity contribution in [3.63, 3.8) is 0 Å². The van der Waals surface area contributed by atoms with E-state index >= 15 is 0 Å². The van der Waals surface area contributed by atoms with Gasteiger partial charge in [-0.25, -0.2) is 4.68 Å². The number of anilines is 2. The lowest BCUT2D eigenvalue weighted by Gasteiger charge is -2.12. The molecule has 3 aromatic rings. The quantitative estimate of drug-likeness (QED) is 0.539. The molecule has 172 valence electrons. The molecule has 0 fully saturated rings. The summed E-state index contributed by atoms with van der Waals surface area (Å²) in [6, 6.07) is 9.59. The summed E-state index contributed by atoms with van der Waals surface area (Å²) in [6.07, 6.45) is -0.110. The first kappa shape index (κ1) is 22.5. The summed E-state index contributed by atoms with van der Waals surface area (Å²) in [4.78, 5) is 25.5. The van der Waals surface area contributed by atoms with E-state index in [9.17, 15) is 9.59 Å². The fourth-order valence-electron chi connectivity index (χ4n) is 3.88. The Kier molecular flexibility index (Phi) is 6.15. The van der Waals surface area contributed by atoms with Crippen LogP contribution in [0.4, 0.5) is 11.5 Å². The van der Waals surface area contributed by atoms with E-state index in [2.05, 4.69) is 15.7 Å². The fraction of sp³-hybridized carbons (Fsp3) is 0.261. The molecule has 1 unspecified atom stereocenters. The number of aryl methyl sites for hydroxylation is 1. The first-order valence-electron chi connectivity index (χ1n) is 10.1. The Labute approximate surface area is 195 Å². The van der Waals surface area contributed by atoms with Crippen molar-refractivity contribution in [2.75, 3.05) is 32.0 Å². The molecule has 2 aromatic carbocycles. The van der Waals surface area contributed by atoms with Gasteiger partial charge in [0.2, 0.25) is 5.91 Å². The number of halogens is 1. The molecule has 0 radical (unpaired) electrons. The number of nitrogens with one attached hydrogen (secondary N) is 2. The molecule has 1 aromatic heterocycles. The highest BCUT2D eigenvalue weighted by Crippen LogP contribution is 2.41. The number of benzene rings is 2. The van der Waals surface area contributed by atoms with E-state index in [0.717, 1.165) is 11.1 Å². The number of rotatable bonds is 7. The maximum atomic E-state index is 12.8. The van der Waals surface area contributed by atoms with E-state index in [1.54, 1.807) is 43.2 Å². The predicted octanol–water partition coefficient (Wildman–Crippen LogP) is 4.06.